The molecule has 11 aromatic carbocycles. The Hall–Kier alpha value is -7.22. The highest BCUT2D eigenvalue weighted by atomic mass is 16.3. The quantitative estimate of drug-likeness (QED) is 0.167. The third kappa shape index (κ3) is 4.54. The Bertz CT molecular complexity index is 3450. The minimum Gasteiger partial charge on any atom is -0.455 e. The standard InChI is InChI=1S/C54H32O/c1-2-9-34(10-3-1)42-26-22-38-25-29-47-43(27-23-39-24-28-46(42)51(38)52(39)47)37-19-17-33(18-20-37)40-31-49(45-16-8-13-35-11-4-6-14-41(35)45)54-50(32-40)48-30-21-36-12-5-7-15-44(36)53(48)55-54/h1-32H. The minimum atomic E-state index is 0.923. The van der Waals surface area contributed by atoms with E-state index in [2.05, 4.69) is 194 Å². The van der Waals surface area contributed by atoms with E-state index in [0.29, 0.717) is 0 Å². The van der Waals surface area contributed by atoms with Gasteiger partial charge in [0.05, 0.1) is 0 Å². The molecule has 12 rings (SSSR count). The molecule has 0 saturated carbocycles. The van der Waals surface area contributed by atoms with Crippen molar-refractivity contribution in [1.29, 1.82) is 0 Å². The Kier molecular flexibility index (Phi) is 6.40. The molecule has 0 saturated heterocycles. The van der Waals surface area contributed by atoms with Crippen molar-refractivity contribution < 1.29 is 4.42 Å². The number of rotatable bonds is 4. The summed E-state index contributed by atoms with van der Waals surface area (Å²) >= 11 is 0. The number of fused-ring (bicyclic) bond motifs is 6. The van der Waals surface area contributed by atoms with E-state index >= 15 is 0 Å². The molecule has 1 heterocycles. The molecule has 12 aromatic rings. The van der Waals surface area contributed by atoms with Gasteiger partial charge in [-0.15, -0.1) is 0 Å². The Morgan fingerprint density at radius 2 is 0.782 bits per heavy atom. The van der Waals surface area contributed by atoms with E-state index < -0.39 is 0 Å². The van der Waals surface area contributed by atoms with Crippen molar-refractivity contribution in [2.45, 2.75) is 0 Å². The summed E-state index contributed by atoms with van der Waals surface area (Å²) in [6, 6.07) is 71.0. The van der Waals surface area contributed by atoms with Crippen LogP contribution < -0.4 is 0 Å². The van der Waals surface area contributed by atoms with Crippen LogP contribution in [0.3, 0.4) is 0 Å². The van der Waals surface area contributed by atoms with Gasteiger partial charge < -0.3 is 4.42 Å². The predicted octanol–water partition coefficient (Wildman–Crippen LogP) is 15.5. The highest BCUT2D eigenvalue weighted by molar-refractivity contribution is 6.27. The first-order chi connectivity index (χ1) is 27.3. The van der Waals surface area contributed by atoms with Crippen LogP contribution in [0, 0.1) is 0 Å². The molecule has 0 unspecified atom stereocenters. The van der Waals surface area contributed by atoms with Gasteiger partial charge in [-0.25, -0.2) is 0 Å². The summed E-state index contributed by atoms with van der Waals surface area (Å²) in [6.45, 7) is 0. The van der Waals surface area contributed by atoms with Gasteiger partial charge in [0, 0.05) is 21.7 Å². The molecule has 0 aliphatic heterocycles. The fourth-order valence-corrected chi connectivity index (χ4v) is 9.20. The van der Waals surface area contributed by atoms with Crippen LogP contribution in [0.4, 0.5) is 0 Å². The third-order valence-corrected chi connectivity index (χ3v) is 11.8. The molecule has 55 heavy (non-hydrogen) atoms. The molecule has 0 spiro atoms. The molecular weight excluding hydrogens is 665 g/mol. The minimum absolute atomic E-state index is 0.923. The lowest BCUT2D eigenvalue weighted by Gasteiger charge is -2.17. The van der Waals surface area contributed by atoms with E-state index in [1.807, 2.05) is 0 Å². The van der Waals surface area contributed by atoms with Crippen LogP contribution in [0.2, 0.25) is 0 Å². The Balaban J connectivity index is 1.04. The van der Waals surface area contributed by atoms with E-state index in [4.69, 9.17) is 4.42 Å². The summed E-state index contributed by atoms with van der Waals surface area (Å²) in [5.41, 5.74) is 11.5. The van der Waals surface area contributed by atoms with E-state index in [1.165, 1.54) is 87.4 Å². The second-order valence-corrected chi connectivity index (χ2v) is 14.8. The summed E-state index contributed by atoms with van der Waals surface area (Å²) in [7, 11) is 0. The Morgan fingerprint density at radius 1 is 0.236 bits per heavy atom. The lowest BCUT2D eigenvalue weighted by atomic mass is 9.87. The molecule has 0 N–H and O–H groups in total. The van der Waals surface area contributed by atoms with Gasteiger partial charge >= 0.3 is 0 Å². The fraction of sp³-hybridized carbons (Fsp3) is 0. The smallest absolute Gasteiger partial charge is 0.143 e. The van der Waals surface area contributed by atoms with Crippen LogP contribution in [-0.2, 0) is 0 Å². The molecule has 0 bridgehead atoms. The van der Waals surface area contributed by atoms with Crippen LogP contribution in [0.15, 0.2) is 199 Å². The lowest BCUT2D eigenvalue weighted by Crippen LogP contribution is -1.89. The zero-order valence-electron chi connectivity index (χ0n) is 29.9. The molecule has 0 aliphatic carbocycles. The first-order valence-electron chi connectivity index (χ1n) is 19.0. The highest BCUT2D eigenvalue weighted by Crippen LogP contribution is 2.45. The van der Waals surface area contributed by atoms with Gasteiger partial charge in [-0.05, 0) is 106 Å². The molecule has 0 radical (unpaired) electrons. The van der Waals surface area contributed by atoms with Crippen molar-refractivity contribution in [2.24, 2.45) is 0 Å². The Morgan fingerprint density at radius 3 is 1.51 bits per heavy atom. The van der Waals surface area contributed by atoms with E-state index in [-0.39, 0.29) is 0 Å². The topological polar surface area (TPSA) is 13.1 Å². The van der Waals surface area contributed by atoms with E-state index in [1.54, 1.807) is 0 Å². The summed E-state index contributed by atoms with van der Waals surface area (Å²) in [6.07, 6.45) is 0. The fourth-order valence-electron chi connectivity index (χ4n) is 9.20. The molecule has 254 valence electrons. The largest absolute Gasteiger partial charge is 0.455 e. The zero-order chi connectivity index (χ0) is 36.0. The maximum atomic E-state index is 6.89. The summed E-state index contributed by atoms with van der Waals surface area (Å²) in [4.78, 5) is 0. The number of benzene rings is 11. The van der Waals surface area contributed by atoms with Crippen LogP contribution in [0.25, 0.3) is 120 Å². The maximum absolute atomic E-state index is 6.89. The van der Waals surface area contributed by atoms with Crippen molar-refractivity contribution in [1.82, 2.24) is 0 Å². The van der Waals surface area contributed by atoms with Gasteiger partial charge in [-0.3, -0.25) is 0 Å². The predicted molar refractivity (Wildman–Crippen MR) is 234 cm³/mol. The number of furan rings is 1. The first kappa shape index (κ1) is 30.3. The van der Waals surface area contributed by atoms with Crippen LogP contribution in [-0.4, -0.2) is 0 Å². The van der Waals surface area contributed by atoms with E-state index in [9.17, 15) is 0 Å². The molecule has 0 amide bonds. The van der Waals surface area contributed by atoms with Crippen molar-refractivity contribution in [3.05, 3.63) is 194 Å². The SMILES string of the molecule is c1ccc(-c2ccc3ccc4c(-c5ccc(-c6cc(-c7cccc8ccccc78)c7oc8c9ccccc9ccc8c7c6)cc5)ccc5ccc2c3c54)cc1. The van der Waals surface area contributed by atoms with Crippen molar-refractivity contribution in [3.8, 4) is 44.5 Å². The van der Waals surface area contributed by atoms with Crippen molar-refractivity contribution in [2.75, 3.05) is 0 Å². The lowest BCUT2D eigenvalue weighted by molar-refractivity contribution is 0.674. The van der Waals surface area contributed by atoms with Gasteiger partial charge in [0.1, 0.15) is 11.2 Å². The molecule has 1 nitrogen and oxygen atoms in total. The van der Waals surface area contributed by atoms with Crippen LogP contribution in [0.5, 0.6) is 0 Å². The van der Waals surface area contributed by atoms with Crippen LogP contribution in [0.1, 0.15) is 0 Å². The van der Waals surface area contributed by atoms with Gasteiger partial charge in [-0.1, -0.05) is 176 Å². The molecule has 1 heteroatoms. The van der Waals surface area contributed by atoms with Crippen LogP contribution >= 0.6 is 0 Å². The summed E-state index contributed by atoms with van der Waals surface area (Å²) in [5, 5.41) is 14.8. The average Bonchev–Trinajstić information content (AvgIpc) is 3.65. The normalized spacial score (nSPS) is 12.0. The van der Waals surface area contributed by atoms with Gasteiger partial charge in [0.2, 0.25) is 0 Å². The van der Waals surface area contributed by atoms with Gasteiger partial charge in [-0.2, -0.15) is 0 Å². The Labute approximate surface area is 317 Å². The first-order valence-corrected chi connectivity index (χ1v) is 19.0. The van der Waals surface area contributed by atoms with Gasteiger partial charge in [0.25, 0.3) is 0 Å². The van der Waals surface area contributed by atoms with Gasteiger partial charge in [0.15, 0.2) is 0 Å². The second kappa shape index (κ2) is 11.6. The summed E-state index contributed by atoms with van der Waals surface area (Å²) in [5.74, 6) is 0. The second-order valence-electron chi connectivity index (χ2n) is 14.8. The molecule has 0 atom stereocenters. The monoisotopic (exact) mass is 696 g/mol. The van der Waals surface area contributed by atoms with Crippen molar-refractivity contribution >= 4 is 75.8 Å². The van der Waals surface area contributed by atoms with E-state index in [0.717, 1.165) is 32.9 Å². The molecular formula is C54H32O. The van der Waals surface area contributed by atoms with Crippen molar-refractivity contribution in [3.63, 3.8) is 0 Å². The molecule has 0 fully saturated rings. The molecule has 1 aromatic heterocycles. The zero-order valence-corrected chi connectivity index (χ0v) is 29.9. The highest BCUT2D eigenvalue weighted by Gasteiger charge is 2.19. The summed E-state index contributed by atoms with van der Waals surface area (Å²) < 4.78 is 6.89. The number of hydrogen-bond donors (Lipinski definition) is 0. The maximum Gasteiger partial charge on any atom is 0.143 e. The molecule has 0 aliphatic rings. The third-order valence-electron chi connectivity index (χ3n) is 11.8. The number of hydrogen-bond acceptors (Lipinski definition) is 1. The average molecular weight is 697 g/mol.